The molecule has 1 aromatic rings. The number of aliphatic imine (C=N–C) groups is 1. The maximum absolute atomic E-state index is 10.1. The molecule has 1 aromatic carbocycles. The Hall–Kier alpha value is -1.18. The number of phenolic OH excluding ortho intramolecular Hbond substituents is 1. The summed E-state index contributed by atoms with van der Waals surface area (Å²) in [5.41, 5.74) is 0.871. The summed E-state index contributed by atoms with van der Waals surface area (Å²) in [5.74, 6) is 2.54. The summed E-state index contributed by atoms with van der Waals surface area (Å²) in [6.45, 7) is 8.06. The van der Waals surface area contributed by atoms with Gasteiger partial charge in [-0.3, -0.25) is 4.99 Å². The highest BCUT2D eigenvalue weighted by Gasteiger charge is 2.18. The molecule has 1 heterocycles. The summed E-state index contributed by atoms with van der Waals surface area (Å²) in [6, 6.07) is 5.58. The summed E-state index contributed by atoms with van der Waals surface area (Å²) < 4.78 is 5.15. The minimum Gasteiger partial charge on any atom is -0.504 e. The number of nitrogens with zero attached hydrogens (tertiary/aromatic N) is 2. The summed E-state index contributed by atoms with van der Waals surface area (Å²) in [6.07, 6.45) is 3.14. The van der Waals surface area contributed by atoms with Crippen molar-refractivity contribution in [1.29, 1.82) is 0 Å². The third-order valence-corrected chi connectivity index (χ3v) is 4.36. The van der Waals surface area contributed by atoms with E-state index in [0.29, 0.717) is 18.7 Å². The van der Waals surface area contributed by atoms with Gasteiger partial charge in [0, 0.05) is 26.2 Å². The Balaban J connectivity index is 0.00000288. The van der Waals surface area contributed by atoms with E-state index in [0.717, 1.165) is 37.1 Å². The average molecular weight is 447 g/mol. The quantitative estimate of drug-likeness (QED) is 0.414. The van der Waals surface area contributed by atoms with Gasteiger partial charge in [-0.05, 0) is 43.7 Å². The van der Waals surface area contributed by atoms with E-state index < -0.39 is 0 Å². The molecule has 0 amide bonds. The molecule has 1 aliphatic heterocycles. The maximum Gasteiger partial charge on any atom is 0.193 e. The van der Waals surface area contributed by atoms with Gasteiger partial charge in [-0.1, -0.05) is 19.1 Å². The molecule has 0 atom stereocenters. The Kier molecular flexibility index (Phi) is 9.25. The van der Waals surface area contributed by atoms with Crippen LogP contribution >= 0.6 is 24.0 Å². The normalized spacial score (nSPS) is 15.8. The van der Waals surface area contributed by atoms with Gasteiger partial charge in [0.05, 0.1) is 7.11 Å². The van der Waals surface area contributed by atoms with E-state index in [2.05, 4.69) is 24.1 Å². The minimum atomic E-state index is 0. The van der Waals surface area contributed by atoms with Crippen LogP contribution in [0.2, 0.25) is 0 Å². The van der Waals surface area contributed by atoms with Gasteiger partial charge in [0.2, 0.25) is 0 Å². The lowest BCUT2D eigenvalue weighted by atomic mass is 10.00. The van der Waals surface area contributed by atoms with Crippen molar-refractivity contribution >= 4 is 29.9 Å². The number of likely N-dealkylation sites (tertiary alicyclic amines) is 1. The minimum absolute atomic E-state index is 0. The zero-order chi connectivity index (χ0) is 16.7. The van der Waals surface area contributed by atoms with E-state index in [1.807, 2.05) is 12.1 Å². The Bertz CT molecular complexity index is 529. The molecule has 6 heteroatoms. The van der Waals surface area contributed by atoms with Crippen LogP contribution in [0.1, 0.15) is 32.3 Å². The van der Waals surface area contributed by atoms with Crippen molar-refractivity contribution in [2.75, 3.05) is 33.3 Å². The molecule has 5 nitrogen and oxygen atoms in total. The second kappa shape index (κ2) is 10.6. The van der Waals surface area contributed by atoms with Crippen LogP contribution in [0.25, 0.3) is 0 Å². The SMILES string of the molecule is CCNC(=NCCc1cccc(OC)c1O)N1CCC(C)CC1.I. The van der Waals surface area contributed by atoms with Crippen LogP contribution in [-0.2, 0) is 6.42 Å². The van der Waals surface area contributed by atoms with Gasteiger partial charge in [0.15, 0.2) is 17.5 Å². The zero-order valence-electron chi connectivity index (χ0n) is 14.9. The zero-order valence-corrected chi connectivity index (χ0v) is 17.2. The van der Waals surface area contributed by atoms with Gasteiger partial charge < -0.3 is 20.1 Å². The predicted molar refractivity (Wildman–Crippen MR) is 110 cm³/mol. The Morgan fingerprint density at radius 2 is 2.08 bits per heavy atom. The first-order chi connectivity index (χ1) is 11.2. The monoisotopic (exact) mass is 447 g/mol. The largest absolute Gasteiger partial charge is 0.504 e. The lowest BCUT2D eigenvalue weighted by molar-refractivity contribution is 0.273. The smallest absolute Gasteiger partial charge is 0.193 e. The molecule has 0 bridgehead atoms. The fraction of sp³-hybridized carbons (Fsp3) is 0.611. The van der Waals surface area contributed by atoms with Crippen LogP contribution in [0.3, 0.4) is 0 Å². The van der Waals surface area contributed by atoms with E-state index in [9.17, 15) is 5.11 Å². The summed E-state index contributed by atoms with van der Waals surface area (Å²) in [4.78, 5) is 7.08. The molecule has 0 aromatic heterocycles. The highest BCUT2D eigenvalue weighted by molar-refractivity contribution is 14.0. The fourth-order valence-corrected chi connectivity index (χ4v) is 2.86. The van der Waals surface area contributed by atoms with Gasteiger partial charge in [-0.25, -0.2) is 0 Å². The number of nitrogens with one attached hydrogen (secondary N) is 1. The summed E-state index contributed by atoms with van der Waals surface area (Å²) >= 11 is 0. The third kappa shape index (κ3) is 5.72. The number of halogens is 1. The Morgan fingerprint density at radius 1 is 1.38 bits per heavy atom. The molecule has 0 radical (unpaired) electrons. The molecule has 0 aliphatic carbocycles. The molecule has 2 rings (SSSR count). The van der Waals surface area contributed by atoms with Crippen LogP contribution in [0.5, 0.6) is 11.5 Å². The average Bonchev–Trinajstić information content (AvgIpc) is 2.56. The van der Waals surface area contributed by atoms with Crippen molar-refractivity contribution < 1.29 is 9.84 Å². The number of methoxy groups -OCH3 is 1. The van der Waals surface area contributed by atoms with E-state index in [-0.39, 0.29) is 29.7 Å². The maximum atomic E-state index is 10.1. The number of piperidine rings is 1. The van der Waals surface area contributed by atoms with E-state index >= 15 is 0 Å². The van der Waals surface area contributed by atoms with Crippen molar-refractivity contribution in [2.45, 2.75) is 33.1 Å². The number of para-hydroxylation sites is 1. The van der Waals surface area contributed by atoms with Gasteiger partial charge in [0.1, 0.15) is 0 Å². The van der Waals surface area contributed by atoms with Crippen LogP contribution < -0.4 is 10.1 Å². The molecule has 136 valence electrons. The lowest BCUT2D eigenvalue weighted by Crippen LogP contribution is -2.45. The molecular weight excluding hydrogens is 417 g/mol. The van der Waals surface area contributed by atoms with E-state index in [1.54, 1.807) is 13.2 Å². The van der Waals surface area contributed by atoms with Crippen LogP contribution in [0.15, 0.2) is 23.2 Å². The van der Waals surface area contributed by atoms with E-state index in [1.165, 1.54) is 12.8 Å². The van der Waals surface area contributed by atoms with Crippen molar-refractivity contribution in [1.82, 2.24) is 10.2 Å². The molecule has 1 aliphatic rings. The second-order valence-corrected chi connectivity index (χ2v) is 6.12. The number of aromatic hydroxyl groups is 1. The lowest BCUT2D eigenvalue weighted by Gasteiger charge is -2.33. The fourth-order valence-electron chi connectivity index (χ4n) is 2.86. The first kappa shape index (κ1) is 20.9. The van der Waals surface area contributed by atoms with Gasteiger partial charge in [-0.2, -0.15) is 0 Å². The highest BCUT2D eigenvalue weighted by Crippen LogP contribution is 2.29. The molecule has 1 fully saturated rings. The van der Waals surface area contributed by atoms with Gasteiger partial charge in [0.25, 0.3) is 0 Å². The molecule has 24 heavy (non-hydrogen) atoms. The van der Waals surface area contributed by atoms with Crippen molar-refractivity contribution in [3.05, 3.63) is 23.8 Å². The molecule has 1 saturated heterocycles. The number of benzene rings is 1. The summed E-state index contributed by atoms with van der Waals surface area (Å²) in [5, 5.41) is 13.5. The standard InChI is InChI=1S/C18H29N3O2.HI/c1-4-19-18(21-12-9-14(2)10-13-21)20-11-8-15-6-5-7-16(23-3)17(15)22;/h5-7,14,22H,4,8-13H2,1-3H3,(H,19,20);1H. The number of rotatable bonds is 5. The highest BCUT2D eigenvalue weighted by atomic mass is 127. The molecular formula is C18H30IN3O2. The van der Waals surface area contributed by atoms with Gasteiger partial charge in [-0.15, -0.1) is 24.0 Å². The molecule has 0 saturated carbocycles. The van der Waals surface area contributed by atoms with Crippen LogP contribution in [0.4, 0.5) is 0 Å². The van der Waals surface area contributed by atoms with E-state index in [4.69, 9.17) is 9.73 Å². The van der Waals surface area contributed by atoms with Crippen molar-refractivity contribution in [3.8, 4) is 11.5 Å². The number of hydrogen-bond donors (Lipinski definition) is 2. The van der Waals surface area contributed by atoms with Gasteiger partial charge >= 0.3 is 0 Å². The number of hydrogen-bond acceptors (Lipinski definition) is 3. The molecule has 0 spiro atoms. The number of guanidine groups is 1. The van der Waals surface area contributed by atoms with Crippen molar-refractivity contribution in [3.63, 3.8) is 0 Å². The third-order valence-electron chi connectivity index (χ3n) is 4.36. The van der Waals surface area contributed by atoms with Crippen molar-refractivity contribution in [2.24, 2.45) is 10.9 Å². The predicted octanol–water partition coefficient (Wildman–Crippen LogP) is 3.26. The Morgan fingerprint density at radius 3 is 2.71 bits per heavy atom. The number of ether oxygens (including phenoxy) is 1. The first-order valence-electron chi connectivity index (χ1n) is 8.53. The topological polar surface area (TPSA) is 57.1 Å². The first-order valence-corrected chi connectivity index (χ1v) is 8.53. The van der Waals surface area contributed by atoms with Crippen LogP contribution in [-0.4, -0.2) is 49.3 Å². The number of phenols is 1. The second-order valence-electron chi connectivity index (χ2n) is 6.12. The summed E-state index contributed by atoms with van der Waals surface area (Å²) in [7, 11) is 1.57. The van der Waals surface area contributed by atoms with Crippen LogP contribution in [0, 0.1) is 5.92 Å². The Labute approximate surface area is 162 Å². The molecule has 2 N–H and O–H groups in total. The molecule has 0 unspecified atom stereocenters.